The average Bonchev–Trinajstić information content (AvgIpc) is 3.07. The maximum Gasteiger partial charge on any atom is 0.148 e. The number of nitrogen functional groups attached to an aromatic ring is 1. The molecule has 4 nitrogen and oxygen atoms in total. The van der Waals surface area contributed by atoms with E-state index in [0.717, 1.165) is 22.8 Å². The fourth-order valence-corrected chi connectivity index (χ4v) is 4.73. The van der Waals surface area contributed by atoms with E-state index in [-0.39, 0.29) is 0 Å². The Bertz CT molecular complexity index is 599. The standard InChI is InChI=1S/C15H22N4S2/c1-3-19(11-7-5-4-6-8-11)15-13(14(16)18-21-15)12-9-20-10(2)17-12/h9,11H,3-8H2,1-2H3,(H2,16,18). The summed E-state index contributed by atoms with van der Waals surface area (Å²) in [6.45, 7) is 5.26. The molecule has 0 unspecified atom stereocenters. The summed E-state index contributed by atoms with van der Waals surface area (Å²) in [7, 11) is 0. The minimum Gasteiger partial charge on any atom is -0.382 e. The molecule has 0 aromatic carbocycles. The van der Waals surface area contributed by atoms with Crippen molar-refractivity contribution in [3.8, 4) is 11.3 Å². The van der Waals surface area contributed by atoms with Crippen molar-refractivity contribution in [3.05, 3.63) is 10.4 Å². The summed E-state index contributed by atoms with van der Waals surface area (Å²) in [5.74, 6) is 0.620. The van der Waals surface area contributed by atoms with E-state index in [1.165, 1.54) is 48.6 Å². The first-order valence-electron chi connectivity index (χ1n) is 7.65. The summed E-state index contributed by atoms with van der Waals surface area (Å²) < 4.78 is 4.41. The zero-order valence-electron chi connectivity index (χ0n) is 12.6. The van der Waals surface area contributed by atoms with E-state index in [0.29, 0.717) is 11.9 Å². The van der Waals surface area contributed by atoms with Gasteiger partial charge in [-0.1, -0.05) is 19.3 Å². The molecule has 3 rings (SSSR count). The summed E-state index contributed by atoms with van der Waals surface area (Å²) in [5, 5.41) is 4.36. The van der Waals surface area contributed by atoms with Crippen LogP contribution < -0.4 is 10.6 Å². The Balaban J connectivity index is 1.97. The lowest BCUT2D eigenvalue weighted by Crippen LogP contribution is -2.36. The molecule has 0 atom stereocenters. The summed E-state index contributed by atoms with van der Waals surface area (Å²) in [4.78, 5) is 7.11. The van der Waals surface area contributed by atoms with Gasteiger partial charge in [0, 0.05) is 18.0 Å². The lowest BCUT2D eigenvalue weighted by Gasteiger charge is -2.34. The molecule has 0 saturated heterocycles. The Morgan fingerprint density at radius 2 is 2.10 bits per heavy atom. The molecule has 6 heteroatoms. The quantitative estimate of drug-likeness (QED) is 0.911. The second kappa shape index (κ2) is 6.32. The zero-order valence-corrected chi connectivity index (χ0v) is 14.3. The van der Waals surface area contributed by atoms with Gasteiger partial charge in [-0.05, 0) is 38.2 Å². The molecule has 0 aliphatic heterocycles. The van der Waals surface area contributed by atoms with Gasteiger partial charge in [0.2, 0.25) is 0 Å². The summed E-state index contributed by atoms with van der Waals surface area (Å²) in [6.07, 6.45) is 6.60. The maximum atomic E-state index is 6.14. The third-order valence-corrected chi connectivity index (χ3v) is 5.87. The lowest BCUT2D eigenvalue weighted by molar-refractivity contribution is 0.419. The number of hydrogen-bond donors (Lipinski definition) is 1. The van der Waals surface area contributed by atoms with E-state index in [9.17, 15) is 0 Å². The molecular weight excluding hydrogens is 300 g/mol. The average molecular weight is 323 g/mol. The van der Waals surface area contributed by atoms with Gasteiger partial charge in [0.1, 0.15) is 10.8 Å². The predicted molar refractivity (Wildman–Crippen MR) is 92.3 cm³/mol. The van der Waals surface area contributed by atoms with Gasteiger partial charge < -0.3 is 10.6 Å². The Hall–Kier alpha value is -1.14. The number of hydrogen-bond acceptors (Lipinski definition) is 6. The van der Waals surface area contributed by atoms with E-state index in [2.05, 4.69) is 26.6 Å². The van der Waals surface area contributed by atoms with Crippen molar-refractivity contribution in [2.45, 2.75) is 52.0 Å². The van der Waals surface area contributed by atoms with Crippen LogP contribution in [0.5, 0.6) is 0 Å². The van der Waals surface area contributed by atoms with Crippen LogP contribution in [0.4, 0.5) is 10.8 Å². The van der Waals surface area contributed by atoms with Crippen molar-refractivity contribution in [2.75, 3.05) is 17.2 Å². The van der Waals surface area contributed by atoms with Crippen molar-refractivity contribution in [3.63, 3.8) is 0 Å². The van der Waals surface area contributed by atoms with Crippen LogP contribution in [0.3, 0.4) is 0 Å². The van der Waals surface area contributed by atoms with Gasteiger partial charge in [-0.2, -0.15) is 4.37 Å². The van der Waals surface area contributed by atoms with Gasteiger partial charge in [-0.25, -0.2) is 4.98 Å². The van der Waals surface area contributed by atoms with Gasteiger partial charge in [-0.3, -0.25) is 0 Å². The molecule has 21 heavy (non-hydrogen) atoms. The van der Waals surface area contributed by atoms with Crippen LogP contribution in [0.2, 0.25) is 0 Å². The molecule has 114 valence electrons. The van der Waals surface area contributed by atoms with Crippen molar-refractivity contribution in [1.29, 1.82) is 0 Å². The first-order valence-corrected chi connectivity index (χ1v) is 9.30. The van der Waals surface area contributed by atoms with Crippen LogP contribution in [-0.4, -0.2) is 21.9 Å². The first-order chi connectivity index (χ1) is 10.2. The van der Waals surface area contributed by atoms with Crippen LogP contribution in [0.15, 0.2) is 5.38 Å². The Morgan fingerprint density at radius 1 is 1.33 bits per heavy atom. The van der Waals surface area contributed by atoms with Crippen LogP contribution in [-0.2, 0) is 0 Å². The van der Waals surface area contributed by atoms with E-state index < -0.39 is 0 Å². The highest BCUT2D eigenvalue weighted by Gasteiger charge is 2.26. The molecule has 0 radical (unpaired) electrons. The van der Waals surface area contributed by atoms with E-state index in [4.69, 9.17) is 5.73 Å². The number of nitrogens with two attached hydrogens (primary N) is 1. The van der Waals surface area contributed by atoms with Gasteiger partial charge in [-0.15, -0.1) is 11.3 Å². The Kier molecular flexibility index (Phi) is 4.45. The highest BCUT2D eigenvalue weighted by molar-refractivity contribution is 7.11. The summed E-state index contributed by atoms with van der Waals surface area (Å²) in [6, 6.07) is 0.627. The lowest BCUT2D eigenvalue weighted by atomic mass is 9.94. The van der Waals surface area contributed by atoms with Crippen molar-refractivity contribution in [1.82, 2.24) is 9.36 Å². The molecule has 0 bridgehead atoms. The van der Waals surface area contributed by atoms with E-state index >= 15 is 0 Å². The topological polar surface area (TPSA) is 55.0 Å². The predicted octanol–water partition coefficient (Wildman–Crippen LogP) is 4.32. The van der Waals surface area contributed by atoms with E-state index in [1.807, 2.05) is 6.92 Å². The molecular formula is C15H22N4S2. The van der Waals surface area contributed by atoms with E-state index in [1.54, 1.807) is 11.3 Å². The summed E-state index contributed by atoms with van der Waals surface area (Å²) >= 11 is 3.19. The van der Waals surface area contributed by atoms with Crippen molar-refractivity contribution in [2.24, 2.45) is 0 Å². The second-order valence-electron chi connectivity index (χ2n) is 5.58. The van der Waals surface area contributed by atoms with Gasteiger partial charge in [0.15, 0.2) is 0 Å². The van der Waals surface area contributed by atoms with Crippen LogP contribution in [0.25, 0.3) is 11.3 Å². The monoisotopic (exact) mass is 322 g/mol. The highest BCUT2D eigenvalue weighted by atomic mass is 32.1. The summed E-state index contributed by atoms with van der Waals surface area (Å²) in [5.41, 5.74) is 8.16. The molecule has 1 aliphatic carbocycles. The third kappa shape index (κ3) is 2.92. The minimum absolute atomic E-state index is 0.620. The van der Waals surface area contributed by atoms with Gasteiger partial charge in [0.05, 0.1) is 16.3 Å². The molecule has 1 saturated carbocycles. The Labute approximate surface area is 134 Å². The number of thiazole rings is 1. The fourth-order valence-electron chi connectivity index (χ4n) is 3.17. The molecule has 2 N–H and O–H groups in total. The third-order valence-electron chi connectivity index (χ3n) is 4.19. The molecule has 0 spiro atoms. The molecule has 1 aliphatic rings. The van der Waals surface area contributed by atoms with Crippen LogP contribution >= 0.6 is 22.9 Å². The Morgan fingerprint density at radius 3 is 2.71 bits per heavy atom. The number of aromatic nitrogens is 2. The first kappa shape index (κ1) is 14.8. The van der Waals surface area contributed by atoms with Gasteiger partial charge >= 0.3 is 0 Å². The number of anilines is 2. The molecule has 2 heterocycles. The number of aryl methyl sites for hydroxylation is 1. The molecule has 2 aromatic heterocycles. The second-order valence-corrected chi connectivity index (χ2v) is 7.39. The van der Waals surface area contributed by atoms with Crippen molar-refractivity contribution >= 4 is 33.7 Å². The number of nitrogens with zero attached hydrogens (tertiary/aromatic N) is 3. The minimum atomic E-state index is 0.620. The van der Waals surface area contributed by atoms with Crippen LogP contribution in [0.1, 0.15) is 44.0 Å². The SMILES string of the molecule is CCN(c1snc(N)c1-c1csc(C)n1)C1CCCCC1. The number of rotatable bonds is 4. The molecule has 0 amide bonds. The normalized spacial score (nSPS) is 16.3. The zero-order chi connectivity index (χ0) is 14.8. The van der Waals surface area contributed by atoms with Crippen LogP contribution in [0, 0.1) is 6.92 Å². The maximum absolute atomic E-state index is 6.14. The fraction of sp³-hybridized carbons (Fsp3) is 0.600. The highest BCUT2D eigenvalue weighted by Crippen LogP contribution is 2.41. The van der Waals surface area contributed by atoms with Crippen molar-refractivity contribution < 1.29 is 0 Å². The smallest absolute Gasteiger partial charge is 0.148 e. The largest absolute Gasteiger partial charge is 0.382 e. The molecule has 1 fully saturated rings. The van der Waals surface area contributed by atoms with Gasteiger partial charge in [0.25, 0.3) is 0 Å². The molecule has 2 aromatic rings.